The highest BCUT2D eigenvalue weighted by molar-refractivity contribution is 5.55. The van der Waals surface area contributed by atoms with Crippen molar-refractivity contribution < 1.29 is 4.79 Å². The molecule has 0 aliphatic heterocycles. The smallest absolute Gasteiger partial charge is 0.121 e. The largest absolute Gasteiger partial charge is 0.303 e. The molecular weight excluding hydrogens is 162 g/mol. The molecule has 1 atom stereocenters. The van der Waals surface area contributed by atoms with E-state index in [0.29, 0.717) is 0 Å². The molecule has 0 aliphatic carbocycles. The Balaban J connectivity index is 3.04. The van der Waals surface area contributed by atoms with Crippen molar-refractivity contribution in [3.63, 3.8) is 0 Å². The Bertz CT molecular complexity index is 326. The topological polar surface area (TPSA) is 40.9 Å². The minimum atomic E-state index is -0.678. The fourth-order valence-corrected chi connectivity index (χ4v) is 1.20. The van der Waals surface area contributed by atoms with Crippen LogP contribution in [0, 0.1) is 11.3 Å². The van der Waals surface area contributed by atoms with Crippen molar-refractivity contribution in [1.29, 1.82) is 5.26 Å². The van der Waals surface area contributed by atoms with Crippen molar-refractivity contribution >= 4 is 6.29 Å². The predicted octanol–water partition coefficient (Wildman–Crippen LogP) is 2.06. The molecule has 0 bridgehead atoms. The van der Waals surface area contributed by atoms with Crippen molar-refractivity contribution in [2.75, 3.05) is 0 Å². The van der Waals surface area contributed by atoms with Gasteiger partial charge in [-0.1, -0.05) is 30.3 Å². The average Bonchev–Trinajstić information content (AvgIpc) is 2.19. The number of benzene rings is 1. The Morgan fingerprint density at radius 1 is 1.46 bits per heavy atom. The first-order chi connectivity index (χ1) is 6.23. The van der Waals surface area contributed by atoms with Gasteiger partial charge in [0.25, 0.3) is 0 Å². The molecule has 1 unspecified atom stereocenters. The number of nitrogens with zero attached hydrogens (tertiary/aromatic N) is 1. The molecule has 0 amide bonds. The summed E-state index contributed by atoms with van der Waals surface area (Å²) in [6.45, 7) is 1.77. The second kappa shape index (κ2) is 3.86. The van der Waals surface area contributed by atoms with Crippen molar-refractivity contribution in [1.82, 2.24) is 0 Å². The Kier molecular flexibility index (Phi) is 2.81. The summed E-state index contributed by atoms with van der Waals surface area (Å²) in [4.78, 5) is 10.4. The van der Waals surface area contributed by atoms with Crippen molar-refractivity contribution in [2.24, 2.45) is 0 Å². The van der Waals surface area contributed by atoms with E-state index >= 15 is 0 Å². The van der Waals surface area contributed by atoms with Crippen LogP contribution in [0.2, 0.25) is 0 Å². The molecule has 13 heavy (non-hydrogen) atoms. The van der Waals surface area contributed by atoms with Gasteiger partial charge in [0.15, 0.2) is 0 Å². The summed E-state index contributed by atoms with van der Waals surface area (Å²) in [6, 6.07) is 11.5. The highest BCUT2D eigenvalue weighted by Gasteiger charge is 2.25. The quantitative estimate of drug-likeness (QED) is 0.656. The summed E-state index contributed by atoms with van der Waals surface area (Å²) in [5.41, 5.74) is 0.216. The molecule has 1 aromatic carbocycles. The van der Waals surface area contributed by atoms with Crippen molar-refractivity contribution in [3.05, 3.63) is 35.9 Å². The van der Waals surface area contributed by atoms with Crippen molar-refractivity contribution in [2.45, 2.75) is 18.8 Å². The molecule has 1 rings (SSSR count). The number of nitriles is 1. The third-order valence-electron chi connectivity index (χ3n) is 2.15. The molecule has 66 valence electrons. The third-order valence-corrected chi connectivity index (χ3v) is 2.15. The molecule has 0 N–H and O–H groups in total. The zero-order chi connectivity index (χ0) is 9.73. The number of hydrogen-bond acceptors (Lipinski definition) is 2. The molecule has 0 fully saturated rings. The van der Waals surface area contributed by atoms with Crippen LogP contribution in [0.4, 0.5) is 0 Å². The maximum atomic E-state index is 10.4. The van der Waals surface area contributed by atoms with E-state index in [1.807, 2.05) is 30.3 Å². The molecule has 0 saturated carbocycles. The van der Waals surface area contributed by atoms with Crippen LogP contribution in [0.1, 0.15) is 18.9 Å². The minimum Gasteiger partial charge on any atom is -0.303 e. The minimum absolute atomic E-state index is 0.244. The molecule has 0 aliphatic rings. The highest BCUT2D eigenvalue weighted by Crippen LogP contribution is 2.25. The lowest BCUT2D eigenvalue weighted by Crippen LogP contribution is -2.19. The molecule has 2 heteroatoms. The van der Waals surface area contributed by atoms with Gasteiger partial charge in [-0.2, -0.15) is 5.26 Å². The first-order valence-electron chi connectivity index (χ1n) is 4.13. The van der Waals surface area contributed by atoms with E-state index in [-0.39, 0.29) is 6.42 Å². The first-order valence-corrected chi connectivity index (χ1v) is 4.13. The number of carbonyl (C=O) groups is 1. The monoisotopic (exact) mass is 173 g/mol. The van der Waals surface area contributed by atoms with Crippen LogP contribution in [0.5, 0.6) is 0 Å². The van der Waals surface area contributed by atoms with E-state index in [1.165, 1.54) is 0 Å². The van der Waals surface area contributed by atoms with Crippen LogP contribution in [0.15, 0.2) is 30.3 Å². The van der Waals surface area contributed by atoms with Gasteiger partial charge in [-0.3, -0.25) is 0 Å². The Hall–Kier alpha value is -1.62. The Morgan fingerprint density at radius 3 is 2.54 bits per heavy atom. The highest BCUT2D eigenvalue weighted by atomic mass is 16.1. The van der Waals surface area contributed by atoms with Gasteiger partial charge in [0.05, 0.1) is 11.5 Å². The summed E-state index contributed by atoms with van der Waals surface area (Å²) in [6.07, 6.45) is 1.03. The lowest BCUT2D eigenvalue weighted by molar-refractivity contribution is -0.108. The van der Waals surface area contributed by atoms with E-state index in [0.717, 1.165) is 11.8 Å². The van der Waals surface area contributed by atoms with Crippen molar-refractivity contribution in [3.8, 4) is 6.07 Å². The third kappa shape index (κ3) is 1.94. The number of carbonyl (C=O) groups excluding carboxylic acids is 1. The Labute approximate surface area is 77.8 Å². The first kappa shape index (κ1) is 9.47. The van der Waals surface area contributed by atoms with Gasteiger partial charge in [-0.05, 0) is 12.5 Å². The van der Waals surface area contributed by atoms with Crippen LogP contribution < -0.4 is 0 Å². The summed E-state index contributed by atoms with van der Waals surface area (Å²) in [5, 5.41) is 8.96. The van der Waals surface area contributed by atoms with Crippen LogP contribution in [-0.2, 0) is 10.2 Å². The standard InChI is InChI=1S/C11H11NO/c1-11(9-12,7-8-13)10-5-3-2-4-6-10/h2-6,8H,7H2,1H3. The molecule has 0 radical (unpaired) electrons. The lowest BCUT2D eigenvalue weighted by atomic mass is 9.81. The van der Waals surface area contributed by atoms with Gasteiger partial charge in [0, 0.05) is 6.42 Å². The SMILES string of the molecule is CC(C#N)(CC=O)c1ccccc1. The van der Waals surface area contributed by atoms with Crippen LogP contribution in [0.25, 0.3) is 0 Å². The number of hydrogen-bond donors (Lipinski definition) is 0. The summed E-state index contributed by atoms with van der Waals surface area (Å²) >= 11 is 0. The van der Waals surface area contributed by atoms with Gasteiger partial charge in [-0.15, -0.1) is 0 Å². The molecule has 0 spiro atoms. The van der Waals surface area contributed by atoms with E-state index in [4.69, 9.17) is 5.26 Å². The molecular formula is C11H11NO. The molecule has 1 aromatic rings. The van der Waals surface area contributed by atoms with Gasteiger partial charge in [0.1, 0.15) is 6.29 Å². The van der Waals surface area contributed by atoms with Gasteiger partial charge in [-0.25, -0.2) is 0 Å². The molecule has 0 aromatic heterocycles. The molecule has 0 heterocycles. The summed E-state index contributed by atoms with van der Waals surface area (Å²) < 4.78 is 0. The second-order valence-corrected chi connectivity index (χ2v) is 3.18. The normalized spacial score (nSPS) is 14.2. The number of aldehydes is 1. The fraction of sp³-hybridized carbons (Fsp3) is 0.273. The van der Waals surface area contributed by atoms with Gasteiger partial charge < -0.3 is 4.79 Å². The van der Waals surface area contributed by atoms with E-state index in [2.05, 4.69) is 6.07 Å². The second-order valence-electron chi connectivity index (χ2n) is 3.18. The predicted molar refractivity (Wildman–Crippen MR) is 50.1 cm³/mol. The fourth-order valence-electron chi connectivity index (χ4n) is 1.20. The summed E-state index contributed by atoms with van der Waals surface area (Å²) in [7, 11) is 0. The molecule has 2 nitrogen and oxygen atoms in total. The molecule has 0 saturated heterocycles. The summed E-state index contributed by atoms with van der Waals surface area (Å²) in [5.74, 6) is 0. The zero-order valence-corrected chi connectivity index (χ0v) is 7.53. The maximum Gasteiger partial charge on any atom is 0.121 e. The number of rotatable bonds is 3. The van der Waals surface area contributed by atoms with Gasteiger partial charge >= 0.3 is 0 Å². The van der Waals surface area contributed by atoms with E-state index in [1.54, 1.807) is 6.92 Å². The van der Waals surface area contributed by atoms with Gasteiger partial charge in [0.2, 0.25) is 0 Å². The Morgan fingerprint density at radius 2 is 2.08 bits per heavy atom. The van der Waals surface area contributed by atoms with Crippen LogP contribution in [-0.4, -0.2) is 6.29 Å². The van der Waals surface area contributed by atoms with E-state index in [9.17, 15) is 4.79 Å². The maximum absolute atomic E-state index is 10.4. The van der Waals surface area contributed by atoms with Crippen LogP contribution in [0.3, 0.4) is 0 Å². The lowest BCUT2D eigenvalue weighted by Gasteiger charge is -2.18. The average molecular weight is 173 g/mol. The van der Waals surface area contributed by atoms with Crippen LogP contribution >= 0.6 is 0 Å². The zero-order valence-electron chi connectivity index (χ0n) is 7.53. The van der Waals surface area contributed by atoms with E-state index < -0.39 is 5.41 Å².